The van der Waals surface area contributed by atoms with Gasteiger partial charge in [0.1, 0.15) is 6.67 Å². The number of nitriles is 1. The molecule has 2 aromatic rings. The van der Waals surface area contributed by atoms with Gasteiger partial charge in [0.25, 0.3) is 5.91 Å². The number of nitrogens with zero attached hydrogens (tertiary/aromatic N) is 3. The lowest BCUT2D eigenvalue weighted by atomic mass is 10.00. The van der Waals surface area contributed by atoms with Gasteiger partial charge in [-0.1, -0.05) is 35.8 Å². The monoisotopic (exact) mass is 486 g/mol. The average molecular weight is 487 g/mol. The number of carbonyl (C=O) groups is 1. The summed E-state index contributed by atoms with van der Waals surface area (Å²) in [5.41, 5.74) is 13.8. The van der Waals surface area contributed by atoms with E-state index in [9.17, 15) is 9.18 Å². The summed E-state index contributed by atoms with van der Waals surface area (Å²) in [4.78, 5) is 18.5. The molecule has 1 aliphatic rings. The summed E-state index contributed by atoms with van der Waals surface area (Å²) < 4.78 is 13.7. The Kier molecular flexibility index (Phi) is 7.59. The molecule has 0 aliphatic carbocycles. The van der Waals surface area contributed by atoms with E-state index in [-0.39, 0.29) is 35.1 Å². The Balaban J connectivity index is 1.91. The maximum absolute atomic E-state index is 13.7. The summed E-state index contributed by atoms with van der Waals surface area (Å²) in [6.45, 7) is 3.64. The highest BCUT2D eigenvalue weighted by Crippen LogP contribution is 2.27. The lowest BCUT2D eigenvalue weighted by molar-refractivity contribution is -0.114. The van der Waals surface area contributed by atoms with E-state index in [0.717, 1.165) is 0 Å². The van der Waals surface area contributed by atoms with Crippen LogP contribution in [-0.4, -0.2) is 42.3 Å². The van der Waals surface area contributed by atoms with Crippen LogP contribution in [0.25, 0.3) is 5.70 Å². The largest absolute Gasteiger partial charge is 0.398 e. The molecule has 1 amide bonds. The first-order valence-corrected chi connectivity index (χ1v) is 10.6. The Morgan fingerprint density at radius 2 is 1.94 bits per heavy atom. The van der Waals surface area contributed by atoms with Crippen molar-refractivity contribution in [1.29, 1.82) is 5.26 Å². The van der Waals surface area contributed by atoms with Crippen LogP contribution in [0.2, 0.25) is 10.0 Å². The van der Waals surface area contributed by atoms with Crippen LogP contribution in [0.1, 0.15) is 11.1 Å². The Bertz CT molecular complexity index is 1190. The van der Waals surface area contributed by atoms with E-state index in [1.807, 2.05) is 6.07 Å². The lowest BCUT2D eigenvalue weighted by Gasteiger charge is -2.34. The van der Waals surface area contributed by atoms with Crippen molar-refractivity contribution in [2.24, 2.45) is 16.5 Å². The predicted octanol–water partition coefficient (Wildman–Crippen LogP) is 3.70. The third kappa shape index (κ3) is 5.64. The summed E-state index contributed by atoms with van der Waals surface area (Å²) in [5, 5.41) is 12.7. The van der Waals surface area contributed by atoms with Gasteiger partial charge < -0.3 is 21.7 Å². The quantitative estimate of drug-likeness (QED) is 0.515. The Labute approximate surface area is 200 Å². The molecule has 3 rings (SSSR count). The molecule has 1 atom stereocenters. The maximum atomic E-state index is 13.7. The molecule has 0 saturated carbocycles. The van der Waals surface area contributed by atoms with Crippen LogP contribution < -0.4 is 16.8 Å². The van der Waals surface area contributed by atoms with Gasteiger partial charge in [0, 0.05) is 12.2 Å². The summed E-state index contributed by atoms with van der Waals surface area (Å²) in [6.07, 6.45) is 0. The zero-order valence-electron chi connectivity index (χ0n) is 17.5. The fourth-order valence-electron chi connectivity index (χ4n) is 3.35. The number of hydrogen-bond donors (Lipinski definition) is 3. The highest BCUT2D eigenvalue weighted by atomic mass is 35.5. The molecular weight excluding hydrogens is 466 g/mol. The molecule has 1 unspecified atom stereocenters. The molecular formula is C23H21Cl2FN6O. The number of carbonyl (C=O) groups excluding carboxylic acids is 1. The molecule has 5 N–H and O–H groups in total. The number of nitrogens with one attached hydrogen (secondary N) is 1. The van der Waals surface area contributed by atoms with E-state index >= 15 is 0 Å². The van der Waals surface area contributed by atoms with E-state index in [1.54, 1.807) is 41.3 Å². The first-order chi connectivity index (χ1) is 15.7. The van der Waals surface area contributed by atoms with Gasteiger partial charge in [-0.3, -0.25) is 9.79 Å². The van der Waals surface area contributed by atoms with Gasteiger partial charge in [-0.25, -0.2) is 4.39 Å². The van der Waals surface area contributed by atoms with Gasteiger partial charge >= 0.3 is 0 Å². The molecule has 0 fully saturated rings. The zero-order valence-corrected chi connectivity index (χ0v) is 19.0. The number of rotatable bonds is 7. The minimum atomic E-state index is -0.803. The summed E-state index contributed by atoms with van der Waals surface area (Å²) in [7, 11) is 0. The third-order valence-corrected chi connectivity index (χ3v) is 5.75. The first-order valence-electron chi connectivity index (χ1n) is 9.82. The number of alkyl halides is 1. The van der Waals surface area contributed by atoms with Crippen LogP contribution in [0.4, 0.5) is 10.1 Å². The number of aliphatic imine (C=N–C) groups is 1. The van der Waals surface area contributed by atoms with Gasteiger partial charge in [0.05, 0.1) is 57.1 Å². The van der Waals surface area contributed by atoms with E-state index in [2.05, 4.69) is 16.9 Å². The van der Waals surface area contributed by atoms with Crippen molar-refractivity contribution in [3.05, 3.63) is 81.6 Å². The van der Waals surface area contributed by atoms with Gasteiger partial charge in [0.15, 0.2) is 0 Å². The second kappa shape index (κ2) is 10.4. The number of nitrogens with two attached hydrogens (primary N) is 2. The van der Waals surface area contributed by atoms with Gasteiger partial charge in [-0.15, -0.1) is 0 Å². The van der Waals surface area contributed by atoms with Crippen LogP contribution in [0, 0.1) is 11.3 Å². The fraction of sp³-hybridized carbons (Fsp3) is 0.174. The van der Waals surface area contributed by atoms with E-state index in [4.69, 9.17) is 39.9 Å². The van der Waals surface area contributed by atoms with E-state index in [1.165, 1.54) is 6.07 Å². The molecule has 1 heterocycles. The standard InChI is InChI=1S/C23H21Cl2FN6O/c1-13(30-16-5-2-14(10-27)3-6-16)32-11-17(9-26)31-20(12-32)21(23(29)33)22(28)15-4-7-18(24)19(25)8-15/h2-8,17,30H,1,9,11-12,28H2,(H2,29,33). The Morgan fingerprint density at radius 1 is 1.24 bits per heavy atom. The molecule has 0 spiro atoms. The molecule has 0 bridgehead atoms. The fourth-order valence-corrected chi connectivity index (χ4v) is 3.64. The molecule has 0 radical (unpaired) electrons. The van der Waals surface area contributed by atoms with E-state index < -0.39 is 18.6 Å². The van der Waals surface area contributed by atoms with Crippen molar-refractivity contribution in [3.8, 4) is 6.07 Å². The lowest BCUT2D eigenvalue weighted by Crippen LogP contribution is -2.45. The number of primary amides is 1. The van der Waals surface area contributed by atoms with Crippen molar-refractivity contribution in [2.45, 2.75) is 6.04 Å². The molecule has 10 heteroatoms. The normalized spacial score (nSPS) is 16.4. The molecule has 170 valence electrons. The number of amides is 1. The molecule has 7 nitrogen and oxygen atoms in total. The molecule has 1 aliphatic heterocycles. The number of benzene rings is 2. The van der Waals surface area contributed by atoms with Crippen molar-refractivity contribution in [3.63, 3.8) is 0 Å². The average Bonchev–Trinajstić information content (AvgIpc) is 2.80. The van der Waals surface area contributed by atoms with Crippen molar-refractivity contribution in [2.75, 3.05) is 25.1 Å². The summed E-state index contributed by atoms with van der Waals surface area (Å²) in [5.74, 6) is -0.343. The first kappa shape index (κ1) is 24.1. The highest BCUT2D eigenvalue weighted by molar-refractivity contribution is 6.42. The van der Waals surface area contributed by atoms with Crippen LogP contribution in [0.3, 0.4) is 0 Å². The van der Waals surface area contributed by atoms with Gasteiger partial charge in [-0.2, -0.15) is 5.26 Å². The SMILES string of the molecule is C=C(Nc1ccc(C#N)cc1)N1CC(C(C(N)=O)=C(N)c2ccc(Cl)c(Cl)c2)=NC(CF)C1. The van der Waals surface area contributed by atoms with Crippen LogP contribution in [0.5, 0.6) is 0 Å². The minimum absolute atomic E-state index is 0.0253. The topological polar surface area (TPSA) is 121 Å². The molecule has 0 saturated heterocycles. The second-order valence-electron chi connectivity index (χ2n) is 7.31. The zero-order chi connectivity index (χ0) is 24.1. The molecule has 0 aromatic heterocycles. The molecule has 2 aromatic carbocycles. The number of anilines is 1. The summed E-state index contributed by atoms with van der Waals surface area (Å²) in [6, 6.07) is 12.8. The second-order valence-corrected chi connectivity index (χ2v) is 8.12. The highest BCUT2D eigenvalue weighted by Gasteiger charge is 2.28. The summed E-state index contributed by atoms with van der Waals surface area (Å²) >= 11 is 12.0. The predicted molar refractivity (Wildman–Crippen MR) is 129 cm³/mol. The number of halogens is 3. The van der Waals surface area contributed by atoms with Crippen LogP contribution in [0.15, 0.2) is 65.4 Å². The van der Waals surface area contributed by atoms with Crippen molar-refractivity contribution < 1.29 is 9.18 Å². The number of hydrogen-bond acceptors (Lipinski definition) is 6. The van der Waals surface area contributed by atoms with Crippen LogP contribution in [-0.2, 0) is 4.79 Å². The Morgan fingerprint density at radius 3 is 2.52 bits per heavy atom. The van der Waals surface area contributed by atoms with Crippen molar-refractivity contribution >= 4 is 46.2 Å². The van der Waals surface area contributed by atoms with Crippen LogP contribution >= 0.6 is 23.2 Å². The minimum Gasteiger partial charge on any atom is -0.398 e. The van der Waals surface area contributed by atoms with Gasteiger partial charge in [-0.05, 0) is 42.0 Å². The van der Waals surface area contributed by atoms with E-state index in [0.29, 0.717) is 27.7 Å². The third-order valence-electron chi connectivity index (χ3n) is 5.01. The van der Waals surface area contributed by atoms with Crippen molar-refractivity contribution in [1.82, 2.24) is 4.90 Å². The maximum Gasteiger partial charge on any atom is 0.252 e. The Hall–Kier alpha value is -3.54. The van der Waals surface area contributed by atoms with Gasteiger partial charge in [0.2, 0.25) is 0 Å². The molecule has 33 heavy (non-hydrogen) atoms. The smallest absolute Gasteiger partial charge is 0.252 e.